The first-order valence-electron chi connectivity index (χ1n) is 8.14. The third-order valence-corrected chi connectivity index (χ3v) is 6.07. The molecule has 0 bridgehead atoms. The summed E-state index contributed by atoms with van der Waals surface area (Å²) in [5.41, 5.74) is 0.330. The van der Waals surface area contributed by atoms with Gasteiger partial charge in [0.1, 0.15) is 0 Å². The van der Waals surface area contributed by atoms with E-state index in [9.17, 15) is 13.2 Å². The molecule has 1 atom stereocenters. The van der Waals surface area contributed by atoms with Gasteiger partial charge in [0.25, 0.3) is 0 Å². The van der Waals surface area contributed by atoms with E-state index in [1.807, 2.05) is 11.8 Å². The van der Waals surface area contributed by atoms with Gasteiger partial charge in [-0.1, -0.05) is 13.8 Å². The van der Waals surface area contributed by atoms with Gasteiger partial charge in [0.05, 0.1) is 6.26 Å². The first kappa shape index (κ1) is 17.5. The maximum absolute atomic E-state index is 12.5. The van der Waals surface area contributed by atoms with E-state index in [0.29, 0.717) is 31.1 Å². The Morgan fingerprint density at radius 1 is 1.36 bits per heavy atom. The quantitative estimate of drug-likeness (QED) is 0.851. The fourth-order valence-corrected chi connectivity index (χ4v) is 4.53. The zero-order valence-electron chi connectivity index (χ0n) is 14.1. The van der Waals surface area contributed by atoms with Crippen molar-refractivity contribution < 1.29 is 13.2 Å². The monoisotopic (exact) mass is 331 g/mol. The van der Waals surface area contributed by atoms with Crippen molar-refractivity contribution in [3.8, 4) is 0 Å². The number of hydrogen-bond donors (Lipinski definition) is 1. The number of hydrogen-bond acceptors (Lipinski definition) is 3. The Kier molecular flexibility index (Phi) is 5.06. The molecule has 2 amide bonds. The third-order valence-electron chi connectivity index (χ3n) is 4.80. The number of urea groups is 1. The fraction of sp³-hybridized carbons (Fsp3) is 0.933. The van der Waals surface area contributed by atoms with Crippen LogP contribution in [-0.4, -0.2) is 61.6 Å². The molecule has 1 aliphatic carbocycles. The van der Waals surface area contributed by atoms with Crippen molar-refractivity contribution in [2.75, 3.05) is 25.9 Å². The largest absolute Gasteiger partial charge is 0.334 e. The number of carbonyl (C=O) groups excluding carboxylic acids is 1. The number of nitrogens with one attached hydrogen (secondary N) is 1. The number of carbonyl (C=O) groups is 1. The summed E-state index contributed by atoms with van der Waals surface area (Å²) in [4.78, 5) is 14.4. The molecule has 128 valence electrons. The lowest BCUT2D eigenvalue weighted by molar-refractivity contribution is 0.0482. The Labute approximate surface area is 134 Å². The molecule has 0 spiro atoms. The Morgan fingerprint density at radius 2 is 2.00 bits per heavy atom. The van der Waals surface area contributed by atoms with Gasteiger partial charge >= 0.3 is 6.03 Å². The van der Waals surface area contributed by atoms with Gasteiger partial charge in [0.2, 0.25) is 10.0 Å². The smallest absolute Gasteiger partial charge is 0.317 e. The molecular weight excluding hydrogens is 302 g/mol. The molecule has 2 rings (SSSR count). The Hall–Kier alpha value is -0.820. The van der Waals surface area contributed by atoms with E-state index >= 15 is 0 Å². The maximum atomic E-state index is 12.5. The van der Waals surface area contributed by atoms with Crippen LogP contribution < -0.4 is 5.32 Å². The summed E-state index contributed by atoms with van der Waals surface area (Å²) in [5.74, 6) is 0. The molecule has 1 unspecified atom stereocenters. The highest BCUT2D eigenvalue weighted by Crippen LogP contribution is 2.42. The molecule has 22 heavy (non-hydrogen) atoms. The van der Waals surface area contributed by atoms with Gasteiger partial charge < -0.3 is 10.2 Å². The lowest BCUT2D eigenvalue weighted by Gasteiger charge is -2.48. The summed E-state index contributed by atoms with van der Waals surface area (Å²) < 4.78 is 24.8. The molecule has 0 aromatic heterocycles. The van der Waals surface area contributed by atoms with Crippen LogP contribution in [0.4, 0.5) is 4.79 Å². The predicted molar refractivity (Wildman–Crippen MR) is 87.2 cm³/mol. The minimum absolute atomic E-state index is 0.0525. The molecule has 2 aliphatic rings. The Morgan fingerprint density at radius 3 is 2.50 bits per heavy atom. The van der Waals surface area contributed by atoms with Gasteiger partial charge in [-0.25, -0.2) is 17.5 Å². The highest BCUT2D eigenvalue weighted by molar-refractivity contribution is 7.88. The second kappa shape index (κ2) is 6.35. The van der Waals surface area contributed by atoms with Crippen molar-refractivity contribution in [1.29, 1.82) is 0 Å². The van der Waals surface area contributed by atoms with Crippen LogP contribution in [-0.2, 0) is 10.0 Å². The fourth-order valence-electron chi connectivity index (χ4n) is 3.62. The molecule has 1 N–H and O–H groups in total. The molecule has 1 saturated carbocycles. The van der Waals surface area contributed by atoms with E-state index in [0.717, 1.165) is 25.7 Å². The number of rotatable bonds is 4. The average Bonchev–Trinajstić information content (AvgIpc) is 2.36. The molecular formula is C15H29N3O3S. The molecule has 2 fully saturated rings. The second-order valence-electron chi connectivity index (χ2n) is 7.42. The summed E-state index contributed by atoms with van der Waals surface area (Å²) in [6.45, 7) is 8.07. The number of sulfonamides is 1. The lowest BCUT2D eigenvalue weighted by atomic mass is 9.68. The highest BCUT2D eigenvalue weighted by atomic mass is 32.2. The van der Waals surface area contributed by atoms with Gasteiger partial charge in [-0.3, -0.25) is 0 Å². The molecule has 6 nitrogen and oxygen atoms in total. The van der Waals surface area contributed by atoms with Crippen LogP contribution in [0.1, 0.15) is 46.5 Å². The van der Waals surface area contributed by atoms with Crippen LogP contribution in [0, 0.1) is 5.41 Å². The van der Waals surface area contributed by atoms with E-state index in [1.54, 1.807) is 0 Å². The van der Waals surface area contributed by atoms with Crippen LogP contribution in [0.25, 0.3) is 0 Å². The maximum Gasteiger partial charge on any atom is 0.317 e. The molecule has 0 radical (unpaired) electrons. The van der Waals surface area contributed by atoms with Gasteiger partial charge in [-0.15, -0.1) is 0 Å². The standard InChI is InChI=1S/C15H29N3O3S/c1-5-18(13-9-15(2,3)10-13)14(19)16-12-7-6-8-17(11-12)22(4,20)21/h12-13H,5-11H2,1-4H3,(H,16,19). The molecule has 1 heterocycles. The molecule has 1 aliphatic heterocycles. The summed E-state index contributed by atoms with van der Waals surface area (Å²) in [6, 6.07) is 0.177. The topological polar surface area (TPSA) is 69.7 Å². The van der Waals surface area contributed by atoms with Gasteiger partial charge in [-0.2, -0.15) is 0 Å². The summed E-state index contributed by atoms with van der Waals surface area (Å²) in [6.07, 6.45) is 4.93. The van der Waals surface area contributed by atoms with E-state index < -0.39 is 10.0 Å². The first-order chi connectivity index (χ1) is 10.1. The van der Waals surface area contributed by atoms with Crippen molar-refractivity contribution in [2.45, 2.75) is 58.5 Å². The molecule has 0 aromatic carbocycles. The molecule has 1 saturated heterocycles. The van der Waals surface area contributed by atoms with Crippen LogP contribution >= 0.6 is 0 Å². The SMILES string of the molecule is CCN(C(=O)NC1CCCN(S(C)(=O)=O)C1)C1CC(C)(C)C1. The van der Waals surface area contributed by atoms with Gasteiger partial charge in [0.15, 0.2) is 0 Å². The van der Waals surface area contributed by atoms with Crippen LogP contribution in [0.2, 0.25) is 0 Å². The van der Waals surface area contributed by atoms with Crippen molar-refractivity contribution in [2.24, 2.45) is 5.41 Å². The second-order valence-corrected chi connectivity index (χ2v) is 9.40. The van der Waals surface area contributed by atoms with E-state index in [-0.39, 0.29) is 12.1 Å². The van der Waals surface area contributed by atoms with Crippen molar-refractivity contribution in [3.63, 3.8) is 0 Å². The summed E-state index contributed by atoms with van der Waals surface area (Å²) >= 11 is 0. The van der Waals surface area contributed by atoms with Crippen LogP contribution in [0.5, 0.6) is 0 Å². The predicted octanol–water partition coefficient (Wildman–Crippen LogP) is 1.63. The van der Waals surface area contributed by atoms with Crippen molar-refractivity contribution in [3.05, 3.63) is 0 Å². The van der Waals surface area contributed by atoms with Gasteiger partial charge in [-0.05, 0) is 38.0 Å². The number of nitrogens with zero attached hydrogens (tertiary/aromatic N) is 2. The minimum atomic E-state index is -3.18. The Balaban J connectivity index is 1.90. The lowest BCUT2D eigenvalue weighted by Crippen LogP contribution is -2.57. The molecule has 7 heteroatoms. The number of piperidine rings is 1. The third kappa shape index (κ3) is 4.13. The number of amides is 2. The molecule has 0 aromatic rings. The summed E-state index contributed by atoms with van der Waals surface area (Å²) in [7, 11) is -3.18. The normalized spacial score (nSPS) is 26.3. The Bertz CT molecular complexity index is 510. The van der Waals surface area contributed by atoms with Crippen molar-refractivity contribution in [1.82, 2.24) is 14.5 Å². The van der Waals surface area contributed by atoms with Crippen molar-refractivity contribution >= 4 is 16.1 Å². The first-order valence-corrected chi connectivity index (χ1v) is 9.99. The average molecular weight is 331 g/mol. The summed E-state index contributed by atoms with van der Waals surface area (Å²) in [5, 5.41) is 3.03. The zero-order valence-corrected chi connectivity index (χ0v) is 14.9. The zero-order chi connectivity index (χ0) is 16.5. The van der Waals surface area contributed by atoms with E-state index in [2.05, 4.69) is 19.2 Å². The minimum Gasteiger partial charge on any atom is -0.334 e. The van der Waals surface area contributed by atoms with E-state index in [1.165, 1.54) is 10.6 Å². The van der Waals surface area contributed by atoms with Crippen LogP contribution in [0.3, 0.4) is 0 Å². The van der Waals surface area contributed by atoms with Gasteiger partial charge in [0, 0.05) is 31.7 Å². The van der Waals surface area contributed by atoms with E-state index in [4.69, 9.17) is 0 Å². The highest BCUT2D eigenvalue weighted by Gasteiger charge is 2.41. The van der Waals surface area contributed by atoms with Crippen LogP contribution in [0.15, 0.2) is 0 Å².